The molecule has 1 spiro atoms. The maximum atomic E-state index is 12.2. The van der Waals surface area contributed by atoms with Gasteiger partial charge in [-0.05, 0) is 71.3 Å². The van der Waals surface area contributed by atoms with Crippen molar-refractivity contribution in [2.24, 2.45) is 5.41 Å². The molecule has 0 aromatic heterocycles. The number of hydrogen-bond acceptors (Lipinski definition) is 3. The number of ether oxygens (including phenoxy) is 1. The molecule has 0 unspecified atom stereocenters. The Hall–Kier alpha value is -0.770. The first kappa shape index (κ1) is 16.6. The number of likely N-dealkylation sites (tertiary alicyclic amines) is 1. The summed E-state index contributed by atoms with van der Waals surface area (Å²) in [6, 6.07) is 0. The van der Waals surface area contributed by atoms with Crippen LogP contribution in [0.1, 0.15) is 65.7 Å². The second kappa shape index (κ2) is 6.99. The fourth-order valence-corrected chi connectivity index (χ4v) is 3.65. The molecular weight excluding hydrogens is 264 g/mol. The predicted molar refractivity (Wildman–Crippen MR) is 85.4 cm³/mol. The van der Waals surface area contributed by atoms with Crippen LogP contribution in [0.3, 0.4) is 0 Å². The van der Waals surface area contributed by atoms with Crippen molar-refractivity contribution < 1.29 is 9.53 Å². The molecule has 0 aromatic carbocycles. The average Bonchev–Trinajstić information content (AvgIpc) is 2.58. The third-order valence-corrected chi connectivity index (χ3v) is 4.73. The van der Waals surface area contributed by atoms with Crippen LogP contribution >= 0.6 is 0 Å². The van der Waals surface area contributed by atoms with Crippen molar-refractivity contribution in [3.63, 3.8) is 0 Å². The van der Waals surface area contributed by atoms with Gasteiger partial charge < -0.3 is 15.0 Å². The highest BCUT2D eigenvalue weighted by Gasteiger charge is 2.33. The Balaban J connectivity index is 1.87. The Bertz CT molecular complexity index is 329. The lowest BCUT2D eigenvalue weighted by atomic mass is 9.75. The minimum absolute atomic E-state index is 0.141. The molecule has 0 aromatic rings. The molecule has 1 amide bonds. The van der Waals surface area contributed by atoms with E-state index < -0.39 is 5.60 Å². The molecule has 1 N–H and O–H groups in total. The van der Waals surface area contributed by atoms with Crippen LogP contribution in [-0.2, 0) is 4.74 Å². The van der Waals surface area contributed by atoms with Crippen molar-refractivity contribution in [2.45, 2.75) is 71.3 Å². The summed E-state index contributed by atoms with van der Waals surface area (Å²) in [6.45, 7) is 9.82. The highest BCUT2D eigenvalue weighted by atomic mass is 16.6. The summed E-state index contributed by atoms with van der Waals surface area (Å²) in [5, 5.41) is 3.62. The highest BCUT2D eigenvalue weighted by Crippen LogP contribution is 2.37. The van der Waals surface area contributed by atoms with Crippen LogP contribution < -0.4 is 5.32 Å². The molecule has 2 aliphatic heterocycles. The second-order valence-electron chi connectivity index (χ2n) is 7.81. The lowest BCUT2D eigenvalue weighted by Crippen LogP contribution is -2.41. The van der Waals surface area contributed by atoms with Gasteiger partial charge >= 0.3 is 6.09 Å². The number of nitrogens with zero attached hydrogens (tertiary/aromatic N) is 1. The summed E-state index contributed by atoms with van der Waals surface area (Å²) in [6.07, 6.45) is 8.54. The summed E-state index contributed by atoms with van der Waals surface area (Å²) in [7, 11) is 0. The van der Waals surface area contributed by atoms with Crippen molar-refractivity contribution in [1.82, 2.24) is 10.2 Å². The van der Waals surface area contributed by atoms with Gasteiger partial charge in [0.2, 0.25) is 0 Å². The first-order valence-electron chi connectivity index (χ1n) is 8.59. The number of carbonyl (C=O) groups excluding carboxylic acids is 1. The summed E-state index contributed by atoms with van der Waals surface area (Å²) in [5.41, 5.74) is 0.0857. The molecule has 2 fully saturated rings. The summed E-state index contributed by atoms with van der Waals surface area (Å²) in [5.74, 6) is 0. The lowest BCUT2D eigenvalue weighted by Gasteiger charge is -2.37. The zero-order chi connectivity index (χ0) is 15.3. The molecule has 0 atom stereocenters. The van der Waals surface area contributed by atoms with Gasteiger partial charge in [0.25, 0.3) is 0 Å². The van der Waals surface area contributed by atoms with E-state index in [9.17, 15) is 4.79 Å². The van der Waals surface area contributed by atoms with Gasteiger partial charge in [-0.2, -0.15) is 0 Å². The molecule has 0 bridgehead atoms. The van der Waals surface area contributed by atoms with Gasteiger partial charge in [0.05, 0.1) is 0 Å². The molecule has 0 radical (unpaired) electrons. The second-order valence-corrected chi connectivity index (χ2v) is 7.81. The molecule has 21 heavy (non-hydrogen) atoms. The van der Waals surface area contributed by atoms with Crippen LogP contribution in [0.4, 0.5) is 4.79 Å². The van der Waals surface area contributed by atoms with E-state index in [-0.39, 0.29) is 6.09 Å². The van der Waals surface area contributed by atoms with Gasteiger partial charge in [0, 0.05) is 19.6 Å². The number of carbonyl (C=O) groups is 1. The van der Waals surface area contributed by atoms with Gasteiger partial charge in [0.15, 0.2) is 0 Å². The topological polar surface area (TPSA) is 41.6 Å². The SMILES string of the molecule is CC(C)(C)OC(=O)N1CCCC2(CCCCNC2)CCC1. The number of hydrogen-bond donors (Lipinski definition) is 1. The molecule has 2 rings (SSSR count). The maximum absolute atomic E-state index is 12.2. The Morgan fingerprint density at radius 3 is 2.29 bits per heavy atom. The molecule has 0 saturated carbocycles. The van der Waals surface area contributed by atoms with Gasteiger partial charge in [-0.15, -0.1) is 0 Å². The predicted octanol–water partition coefficient (Wildman–Crippen LogP) is 3.56. The van der Waals surface area contributed by atoms with E-state index in [0.717, 1.165) is 25.9 Å². The van der Waals surface area contributed by atoms with Crippen molar-refractivity contribution in [3.8, 4) is 0 Å². The first-order chi connectivity index (χ1) is 9.90. The van der Waals surface area contributed by atoms with E-state index in [4.69, 9.17) is 4.74 Å². The molecule has 0 aliphatic carbocycles. The van der Waals surface area contributed by atoms with Crippen LogP contribution in [0.5, 0.6) is 0 Å². The van der Waals surface area contributed by atoms with Crippen molar-refractivity contribution >= 4 is 6.09 Å². The third kappa shape index (κ3) is 5.17. The molecule has 2 aliphatic rings. The van der Waals surface area contributed by atoms with E-state index in [1.165, 1.54) is 45.2 Å². The largest absolute Gasteiger partial charge is 0.444 e. The fourth-order valence-electron chi connectivity index (χ4n) is 3.65. The molecule has 2 heterocycles. The zero-order valence-corrected chi connectivity index (χ0v) is 14.0. The van der Waals surface area contributed by atoms with Crippen LogP contribution in [0, 0.1) is 5.41 Å². The maximum Gasteiger partial charge on any atom is 0.410 e. The zero-order valence-electron chi connectivity index (χ0n) is 14.0. The average molecular weight is 296 g/mol. The standard InChI is InChI=1S/C17H32N2O2/c1-16(2,3)21-15(20)19-12-6-9-17(10-7-13-19)8-4-5-11-18-14-17/h18H,4-14H2,1-3H3. The van der Waals surface area contributed by atoms with E-state index in [1.54, 1.807) is 0 Å². The van der Waals surface area contributed by atoms with E-state index >= 15 is 0 Å². The monoisotopic (exact) mass is 296 g/mol. The van der Waals surface area contributed by atoms with Crippen LogP contribution in [0.25, 0.3) is 0 Å². The summed E-state index contributed by atoms with van der Waals surface area (Å²) < 4.78 is 5.51. The molecule has 2 saturated heterocycles. The van der Waals surface area contributed by atoms with Crippen molar-refractivity contribution in [1.29, 1.82) is 0 Å². The Labute approximate surface area is 129 Å². The summed E-state index contributed by atoms with van der Waals surface area (Å²) >= 11 is 0. The fraction of sp³-hybridized carbons (Fsp3) is 0.941. The molecular formula is C17H32N2O2. The molecule has 122 valence electrons. The van der Waals surface area contributed by atoms with Gasteiger partial charge in [0.1, 0.15) is 5.60 Å². The van der Waals surface area contributed by atoms with Gasteiger partial charge in [-0.1, -0.05) is 6.42 Å². The van der Waals surface area contributed by atoms with Crippen LogP contribution in [-0.4, -0.2) is 42.8 Å². The highest BCUT2D eigenvalue weighted by molar-refractivity contribution is 5.68. The number of nitrogens with one attached hydrogen (secondary N) is 1. The smallest absolute Gasteiger partial charge is 0.410 e. The van der Waals surface area contributed by atoms with E-state index in [0.29, 0.717) is 5.41 Å². The van der Waals surface area contributed by atoms with Crippen molar-refractivity contribution in [3.05, 3.63) is 0 Å². The molecule has 4 heteroatoms. The number of rotatable bonds is 0. The van der Waals surface area contributed by atoms with Gasteiger partial charge in [-0.3, -0.25) is 0 Å². The van der Waals surface area contributed by atoms with Crippen molar-refractivity contribution in [2.75, 3.05) is 26.2 Å². The Kier molecular flexibility index (Phi) is 5.53. The summed E-state index contributed by atoms with van der Waals surface area (Å²) in [4.78, 5) is 14.1. The van der Waals surface area contributed by atoms with E-state index in [1.807, 2.05) is 25.7 Å². The first-order valence-corrected chi connectivity index (χ1v) is 8.59. The third-order valence-electron chi connectivity index (χ3n) is 4.73. The van der Waals surface area contributed by atoms with Crippen LogP contribution in [0.15, 0.2) is 0 Å². The number of amides is 1. The lowest BCUT2D eigenvalue weighted by molar-refractivity contribution is 0.0204. The quantitative estimate of drug-likeness (QED) is 0.743. The molecule has 4 nitrogen and oxygen atoms in total. The minimum atomic E-state index is -0.397. The van der Waals surface area contributed by atoms with E-state index in [2.05, 4.69) is 5.32 Å². The Morgan fingerprint density at radius 1 is 1.05 bits per heavy atom. The van der Waals surface area contributed by atoms with Gasteiger partial charge in [-0.25, -0.2) is 4.79 Å². The Morgan fingerprint density at radius 2 is 1.67 bits per heavy atom. The normalized spacial score (nSPS) is 24.0. The van der Waals surface area contributed by atoms with Crippen LogP contribution in [0.2, 0.25) is 0 Å². The minimum Gasteiger partial charge on any atom is -0.444 e.